The number of benzene rings is 1. The zero-order valence-electron chi connectivity index (χ0n) is 11.0. The largest absolute Gasteiger partial charge is 0.376 e. The van der Waals surface area contributed by atoms with Crippen LogP contribution in [0.4, 0.5) is 5.69 Å². The molecule has 2 aliphatic heterocycles. The van der Waals surface area contributed by atoms with E-state index < -0.39 is 13.1 Å². The molecular weight excluding hydrogens is 281 g/mol. The molecule has 7 nitrogen and oxygen atoms in total. The maximum absolute atomic E-state index is 12.4. The molecule has 0 radical (unpaired) electrons. The van der Waals surface area contributed by atoms with Gasteiger partial charge in [-0.1, -0.05) is 18.2 Å². The fraction of sp³-hybridized carbons (Fsp3) is 0.333. The molecule has 1 amide bonds. The third-order valence-corrected chi connectivity index (χ3v) is 5.47. The van der Waals surface area contributed by atoms with Gasteiger partial charge >= 0.3 is 7.60 Å². The van der Waals surface area contributed by atoms with Crippen molar-refractivity contribution in [1.82, 2.24) is 5.43 Å². The van der Waals surface area contributed by atoms with Crippen LogP contribution in [0.1, 0.15) is 12.0 Å². The van der Waals surface area contributed by atoms with Crippen LogP contribution in [-0.4, -0.2) is 25.6 Å². The van der Waals surface area contributed by atoms with Crippen LogP contribution < -0.4 is 10.7 Å². The molecule has 0 saturated heterocycles. The van der Waals surface area contributed by atoms with Gasteiger partial charge in [0.2, 0.25) is 0 Å². The summed E-state index contributed by atoms with van der Waals surface area (Å²) in [5.74, 6) is -0.226. The number of rotatable bonds is 3. The molecule has 0 fully saturated rings. The van der Waals surface area contributed by atoms with Crippen molar-refractivity contribution in [2.75, 3.05) is 19.5 Å². The van der Waals surface area contributed by atoms with Gasteiger partial charge in [0, 0.05) is 31.9 Å². The van der Waals surface area contributed by atoms with Gasteiger partial charge in [0.1, 0.15) is 0 Å². The van der Waals surface area contributed by atoms with Gasteiger partial charge in [-0.15, -0.1) is 0 Å². The van der Waals surface area contributed by atoms with E-state index in [-0.39, 0.29) is 17.8 Å². The summed E-state index contributed by atoms with van der Waals surface area (Å²) in [6, 6.07) is 7.33. The molecule has 1 spiro atoms. The van der Waals surface area contributed by atoms with E-state index in [2.05, 4.69) is 15.8 Å². The third kappa shape index (κ3) is 1.64. The first-order valence-corrected chi connectivity index (χ1v) is 7.57. The quantitative estimate of drug-likeness (QED) is 0.827. The van der Waals surface area contributed by atoms with Crippen LogP contribution in [0.25, 0.3) is 0 Å². The van der Waals surface area contributed by atoms with Crippen molar-refractivity contribution in [3.8, 4) is 0 Å². The molecule has 1 atom stereocenters. The fourth-order valence-electron chi connectivity index (χ4n) is 2.52. The summed E-state index contributed by atoms with van der Waals surface area (Å²) < 4.78 is 22.2. The molecule has 1 aromatic carbocycles. The van der Waals surface area contributed by atoms with Crippen molar-refractivity contribution >= 4 is 24.6 Å². The van der Waals surface area contributed by atoms with Gasteiger partial charge < -0.3 is 14.4 Å². The van der Waals surface area contributed by atoms with E-state index in [1.165, 1.54) is 14.2 Å². The fourth-order valence-corrected chi connectivity index (χ4v) is 3.70. The third-order valence-electron chi connectivity index (χ3n) is 3.62. The Hall–Kier alpha value is -1.69. The zero-order valence-corrected chi connectivity index (χ0v) is 11.9. The topological polar surface area (TPSA) is 89.0 Å². The number of fused-ring (bicyclic) bond motifs is 2. The molecule has 0 bridgehead atoms. The van der Waals surface area contributed by atoms with Crippen LogP contribution in [0.2, 0.25) is 0 Å². The number of hydrogen-bond acceptors (Lipinski definition) is 6. The summed E-state index contributed by atoms with van der Waals surface area (Å²) in [5, 5.41) is 6.82. The van der Waals surface area contributed by atoms with Crippen LogP contribution in [0.3, 0.4) is 0 Å². The monoisotopic (exact) mass is 295 g/mol. The molecular formula is C12H14N3O4P. The number of carbonyl (C=O) groups excluding carboxylic acids is 1. The number of hydrogen-bond donors (Lipinski definition) is 2. The lowest BCUT2D eigenvalue weighted by Gasteiger charge is -2.21. The van der Waals surface area contributed by atoms with Gasteiger partial charge in [0.05, 0.1) is 0 Å². The highest BCUT2D eigenvalue weighted by atomic mass is 31.2. The molecule has 0 unspecified atom stereocenters. The van der Waals surface area contributed by atoms with Crippen LogP contribution in [0.5, 0.6) is 0 Å². The minimum atomic E-state index is -3.44. The Labute approximate surface area is 115 Å². The van der Waals surface area contributed by atoms with E-state index in [9.17, 15) is 9.36 Å². The number of nitrogens with one attached hydrogen (secondary N) is 2. The van der Waals surface area contributed by atoms with Crippen LogP contribution in [-0.2, 0) is 23.9 Å². The Balaban J connectivity index is 1.99. The Bertz CT molecular complexity index is 652. The lowest BCUT2D eigenvalue weighted by Crippen LogP contribution is -2.42. The minimum Gasteiger partial charge on any atom is -0.323 e. The highest BCUT2D eigenvalue weighted by molar-refractivity contribution is 7.72. The zero-order chi connectivity index (χ0) is 14.4. The summed E-state index contributed by atoms with van der Waals surface area (Å²) in [7, 11) is -0.854. The molecule has 0 saturated carbocycles. The Morgan fingerprint density at radius 1 is 1.30 bits per heavy atom. The van der Waals surface area contributed by atoms with Crippen LogP contribution in [0, 0.1) is 0 Å². The van der Waals surface area contributed by atoms with Crippen molar-refractivity contribution in [2.45, 2.75) is 12.0 Å². The number of carbonyl (C=O) groups is 1. The van der Waals surface area contributed by atoms with Gasteiger partial charge in [-0.05, 0) is 6.07 Å². The minimum absolute atomic E-state index is 0.148. The summed E-state index contributed by atoms with van der Waals surface area (Å²) in [6.07, 6.45) is 0.148. The number of nitrogens with zero attached hydrogens (tertiary/aromatic N) is 1. The van der Waals surface area contributed by atoms with E-state index in [0.717, 1.165) is 11.3 Å². The number of amides is 1. The van der Waals surface area contributed by atoms with E-state index in [0.29, 0.717) is 0 Å². The van der Waals surface area contributed by atoms with Gasteiger partial charge in [-0.25, -0.2) is 0 Å². The van der Waals surface area contributed by atoms with Gasteiger partial charge in [0.15, 0.2) is 11.0 Å². The number of hydrazone groups is 1. The smallest absolute Gasteiger partial charge is 0.323 e. The molecule has 2 heterocycles. The van der Waals surface area contributed by atoms with E-state index >= 15 is 0 Å². The molecule has 0 aromatic heterocycles. The van der Waals surface area contributed by atoms with Crippen LogP contribution in [0.15, 0.2) is 29.4 Å². The summed E-state index contributed by atoms with van der Waals surface area (Å²) in [4.78, 5) is 12.3. The van der Waals surface area contributed by atoms with Gasteiger partial charge in [0.25, 0.3) is 5.91 Å². The summed E-state index contributed by atoms with van der Waals surface area (Å²) >= 11 is 0. The summed E-state index contributed by atoms with van der Waals surface area (Å²) in [6.45, 7) is 0. The molecule has 3 rings (SSSR count). The highest BCUT2D eigenvalue weighted by Gasteiger charge is 2.53. The lowest BCUT2D eigenvalue weighted by atomic mass is 9.90. The highest BCUT2D eigenvalue weighted by Crippen LogP contribution is 2.54. The second-order valence-electron chi connectivity index (χ2n) is 4.58. The van der Waals surface area contributed by atoms with E-state index in [4.69, 9.17) is 9.05 Å². The maximum Gasteiger partial charge on any atom is 0.376 e. The van der Waals surface area contributed by atoms with E-state index in [1.54, 1.807) is 0 Å². The van der Waals surface area contributed by atoms with E-state index in [1.807, 2.05) is 24.3 Å². The molecule has 106 valence electrons. The van der Waals surface area contributed by atoms with Crippen LogP contribution >= 0.6 is 7.60 Å². The SMILES string of the molecule is COP(=O)(OC)C1=NN[C@]2(C1)C(=O)Nc1ccccc12. The van der Waals surface area contributed by atoms with Gasteiger partial charge in [-0.2, -0.15) is 5.10 Å². The number of para-hydroxylation sites is 1. The molecule has 1 aromatic rings. The summed E-state index contributed by atoms with van der Waals surface area (Å²) in [5.41, 5.74) is 3.50. The number of anilines is 1. The van der Waals surface area contributed by atoms with Crippen molar-refractivity contribution in [2.24, 2.45) is 5.10 Å². The van der Waals surface area contributed by atoms with Crippen molar-refractivity contribution < 1.29 is 18.4 Å². The Morgan fingerprint density at radius 3 is 2.70 bits per heavy atom. The second-order valence-corrected chi connectivity index (χ2v) is 6.83. The molecule has 0 aliphatic carbocycles. The Kier molecular flexibility index (Phi) is 2.93. The first-order chi connectivity index (χ1) is 9.55. The second kappa shape index (κ2) is 4.41. The maximum atomic E-state index is 12.4. The van der Waals surface area contributed by atoms with Crippen molar-refractivity contribution in [3.63, 3.8) is 0 Å². The molecule has 8 heteroatoms. The van der Waals surface area contributed by atoms with Crippen molar-refractivity contribution in [1.29, 1.82) is 0 Å². The standard InChI is InChI=1S/C12H14N3O4P/c1-18-20(17,19-2)10-7-12(15-14-10)8-5-3-4-6-9(8)13-11(12)16/h3-6,15H,7H2,1-2H3,(H,13,16)/t12-/m0/s1. The predicted octanol–water partition coefficient (Wildman–Crippen LogP) is 1.63. The predicted molar refractivity (Wildman–Crippen MR) is 73.6 cm³/mol. The van der Waals surface area contributed by atoms with Gasteiger partial charge in [-0.3, -0.25) is 14.8 Å². The first-order valence-electron chi connectivity index (χ1n) is 6.02. The Morgan fingerprint density at radius 2 is 2.00 bits per heavy atom. The molecule has 2 N–H and O–H groups in total. The van der Waals surface area contributed by atoms with Crippen molar-refractivity contribution in [3.05, 3.63) is 29.8 Å². The average Bonchev–Trinajstić information content (AvgIpc) is 3.04. The first kappa shape index (κ1) is 13.3. The average molecular weight is 295 g/mol. The molecule has 2 aliphatic rings. The normalized spacial score (nSPS) is 24.3. The molecule has 20 heavy (non-hydrogen) atoms. The lowest BCUT2D eigenvalue weighted by molar-refractivity contribution is -0.121.